The normalized spacial score (nSPS) is 14.4. The summed E-state index contributed by atoms with van der Waals surface area (Å²) in [6.45, 7) is 0.979. The van der Waals surface area contributed by atoms with Gasteiger partial charge in [0.05, 0.1) is 17.1 Å². The van der Waals surface area contributed by atoms with Crippen molar-refractivity contribution in [3.05, 3.63) is 22.7 Å². The van der Waals surface area contributed by atoms with Crippen LogP contribution in [0, 0.1) is 17.8 Å². The Kier molecular flexibility index (Phi) is 3.41. The first-order chi connectivity index (χ1) is 9.29. The van der Waals surface area contributed by atoms with Gasteiger partial charge >= 0.3 is 0 Å². The Balaban J connectivity index is 1.96. The summed E-state index contributed by atoms with van der Waals surface area (Å²) < 4.78 is 1.92. The molecule has 0 bridgehead atoms. The summed E-state index contributed by atoms with van der Waals surface area (Å²) in [6, 6.07) is 3.86. The summed E-state index contributed by atoms with van der Waals surface area (Å²) in [5, 5.41) is 17.6. The van der Waals surface area contributed by atoms with Crippen molar-refractivity contribution in [1.29, 1.82) is 0 Å². The molecule has 0 spiro atoms. The van der Waals surface area contributed by atoms with E-state index in [4.69, 9.17) is 16.7 Å². The van der Waals surface area contributed by atoms with E-state index in [0.29, 0.717) is 17.0 Å². The molecule has 1 aliphatic carbocycles. The van der Waals surface area contributed by atoms with Gasteiger partial charge in [-0.05, 0) is 30.9 Å². The van der Waals surface area contributed by atoms with Crippen molar-refractivity contribution in [3.63, 3.8) is 0 Å². The van der Waals surface area contributed by atoms with Crippen LogP contribution in [0.25, 0.3) is 11.0 Å². The molecule has 0 amide bonds. The van der Waals surface area contributed by atoms with Gasteiger partial charge in [-0.15, -0.1) is 5.10 Å². The summed E-state index contributed by atoms with van der Waals surface area (Å²) in [4.78, 5) is 0. The maximum Gasteiger partial charge on any atom is 0.133 e. The third-order valence-corrected chi connectivity index (χ3v) is 3.60. The van der Waals surface area contributed by atoms with Crippen LogP contribution in [0.4, 0.5) is 0 Å². The van der Waals surface area contributed by atoms with Crippen molar-refractivity contribution < 1.29 is 5.11 Å². The number of fused-ring (bicyclic) bond motifs is 1. The van der Waals surface area contributed by atoms with E-state index in [0.717, 1.165) is 23.5 Å². The summed E-state index contributed by atoms with van der Waals surface area (Å²) in [5.74, 6) is 6.56. The second kappa shape index (κ2) is 5.20. The van der Waals surface area contributed by atoms with E-state index in [2.05, 4.69) is 22.2 Å². The van der Waals surface area contributed by atoms with Gasteiger partial charge in [0.25, 0.3) is 0 Å². The third-order valence-electron chi connectivity index (χ3n) is 3.21. The fraction of sp³-hybridized carbons (Fsp3) is 0.429. The summed E-state index contributed by atoms with van der Waals surface area (Å²) in [7, 11) is 0. The van der Waals surface area contributed by atoms with Gasteiger partial charge in [0.15, 0.2) is 0 Å². The fourth-order valence-electron chi connectivity index (χ4n) is 1.99. The average Bonchev–Trinajstić information content (AvgIpc) is 3.13. The smallest absolute Gasteiger partial charge is 0.133 e. The quantitative estimate of drug-likeness (QED) is 0.874. The third kappa shape index (κ3) is 2.58. The first kappa shape index (κ1) is 12.5. The van der Waals surface area contributed by atoms with Crippen LogP contribution in [0.1, 0.15) is 24.8 Å². The Hall–Kier alpha value is -1.57. The second-order valence-electron chi connectivity index (χ2n) is 4.79. The molecule has 1 aliphatic rings. The van der Waals surface area contributed by atoms with Gasteiger partial charge in [0.1, 0.15) is 5.52 Å². The highest BCUT2D eigenvalue weighted by Gasteiger charge is 2.23. The van der Waals surface area contributed by atoms with Gasteiger partial charge in [0, 0.05) is 18.5 Å². The van der Waals surface area contributed by atoms with Crippen LogP contribution in [0.3, 0.4) is 0 Å². The molecular formula is C14H14ClN3O. The van der Waals surface area contributed by atoms with Crippen molar-refractivity contribution in [2.75, 3.05) is 6.61 Å². The molecule has 5 heteroatoms. The van der Waals surface area contributed by atoms with E-state index in [9.17, 15) is 0 Å². The number of hydrogen-bond acceptors (Lipinski definition) is 3. The Morgan fingerprint density at radius 1 is 1.42 bits per heavy atom. The molecule has 19 heavy (non-hydrogen) atoms. The molecule has 1 aromatic heterocycles. The highest BCUT2D eigenvalue weighted by molar-refractivity contribution is 6.36. The summed E-state index contributed by atoms with van der Waals surface area (Å²) in [6.07, 6.45) is 3.00. The lowest BCUT2D eigenvalue weighted by atomic mass is 10.2. The molecule has 1 aromatic carbocycles. The molecule has 1 saturated carbocycles. The number of rotatable bonds is 3. The summed E-state index contributed by atoms with van der Waals surface area (Å²) >= 11 is 6.31. The highest BCUT2D eigenvalue weighted by Crippen LogP contribution is 2.32. The monoisotopic (exact) mass is 275 g/mol. The molecule has 0 aliphatic heterocycles. The first-order valence-corrected chi connectivity index (χ1v) is 6.79. The number of aliphatic hydroxyl groups excluding tert-OH is 1. The second-order valence-corrected chi connectivity index (χ2v) is 5.16. The number of aliphatic hydroxyl groups is 1. The molecule has 0 unspecified atom stereocenters. The fourth-order valence-corrected chi connectivity index (χ4v) is 2.24. The van der Waals surface area contributed by atoms with Gasteiger partial charge in [-0.2, -0.15) is 0 Å². The molecule has 1 N–H and O–H groups in total. The molecule has 1 fully saturated rings. The van der Waals surface area contributed by atoms with E-state index < -0.39 is 0 Å². The summed E-state index contributed by atoms with van der Waals surface area (Å²) in [5.41, 5.74) is 2.41. The van der Waals surface area contributed by atoms with E-state index in [1.807, 2.05) is 16.8 Å². The largest absolute Gasteiger partial charge is 0.395 e. The predicted molar refractivity (Wildman–Crippen MR) is 73.8 cm³/mol. The molecule has 0 atom stereocenters. The minimum atomic E-state index is 0.0600. The minimum Gasteiger partial charge on any atom is -0.395 e. The van der Waals surface area contributed by atoms with Gasteiger partial charge in [0.2, 0.25) is 0 Å². The Labute approximate surface area is 116 Å². The van der Waals surface area contributed by atoms with E-state index >= 15 is 0 Å². The minimum absolute atomic E-state index is 0.0600. The molecule has 0 radical (unpaired) electrons. The number of nitrogens with zero attached hydrogens (tertiary/aromatic N) is 3. The Bertz CT molecular complexity index is 664. The SMILES string of the molecule is OCCC#Cc1ccc2c(nnn2CC2CC2)c1Cl. The molecule has 1 heterocycles. The highest BCUT2D eigenvalue weighted by atomic mass is 35.5. The maximum atomic E-state index is 8.72. The van der Waals surface area contributed by atoms with Crippen LogP contribution in [-0.2, 0) is 6.54 Å². The van der Waals surface area contributed by atoms with Crippen LogP contribution in [0.15, 0.2) is 12.1 Å². The predicted octanol–water partition coefficient (Wildman–Crippen LogP) is 2.23. The first-order valence-electron chi connectivity index (χ1n) is 6.41. The van der Waals surface area contributed by atoms with Crippen LogP contribution in [-0.4, -0.2) is 26.7 Å². The zero-order valence-electron chi connectivity index (χ0n) is 10.4. The van der Waals surface area contributed by atoms with Crippen molar-refractivity contribution in [2.24, 2.45) is 5.92 Å². The number of aromatic nitrogens is 3. The molecule has 2 aromatic rings. The Morgan fingerprint density at radius 2 is 2.26 bits per heavy atom. The molecular weight excluding hydrogens is 262 g/mol. The zero-order chi connectivity index (χ0) is 13.2. The van der Waals surface area contributed by atoms with Gasteiger partial charge in [-0.1, -0.05) is 28.7 Å². The zero-order valence-corrected chi connectivity index (χ0v) is 11.2. The standard InChI is InChI=1S/C14H14ClN3O/c15-13-11(3-1-2-8-19)6-7-12-14(13)16-17-18(12)9-10-4-5-10/h6-7,10,19H,2,4-5,8-9H2. The lowest BCUT2D eigenvalue weighted by Crippen LogP contribution is -2.01. The van der Waals surface area contributed by atoms with Gasteiger partial charge < -0.3 is 5.11 Å². The lowest BCUT2D eigenvalue weighted by molar-refractivity contribution is 0.305. The van der Waals surface area contributed by atoms with Crippen LogP contribution in [0.2, 0.25) is 5.02 Å². The Morgan fingerprint density at radius 3 is 3.00 bits per heavy atom. The van der Waals surface area contributed by atoms with Crippen molar-refractivity contribution in [1.82, 2.24) is 15.0 Å². The van der Waals surface area contributed by atoms with Gasteiger partial charge in [-0.25, -0.2) is 4.68 Å². The van der Waals surface area contributed by atoms with E-state index in [1.54, 1.807) is 0 Å². The topological polar surface area (TPSA) is 50.9 Å². The average molecular weight is 276 g/mol. The van der Waals surface area contributed by atoms with Gasteiger partial charge in [-0.3, -0.25) is 0 Å². The van der Waals surface area contributed by atoms with Crippen LogP contribution in [0.5, 0.6) is 0 Å². The van der Waals surface area contributed by atoms with Crippen LogP contribution >= 0.6 is 11.6 Å². The van der Waals surface area contributed by atoms with Crippen LogP contribution < -0.4 is 0 Å². The van der Waals surface area contributed by atoms with E-state index in [-0.39, 0.29) is 6.61 Å². The van der Waals surface area contributed by atoms with Crippen molar-refractivity contribution >= 4 is 22.6 Å². The molecule has 4 nitrogen and oxygen atoms in total. The number of benzene rings is 1. The van der Waals surface area contributed by atoms with E-state index in [1.165, 1.54) is 12.8 Å². The molecule has 98 valence electrons. The molecule has 0 saturated heterocycles. The molecule has 3 rings (SSSR count). The van der Waals surface area contributed by atoms with Crippen molar-refractivity contribution in [2.45, 2.75) is 25.8 Å². The number of hydrogen-bond donors (Lipinski definition) is 1. The van der Waals surface area contributed by atoms with Crippen molar-refractivity contribution in [3.8, 4) is 11.8 Å². The number of halogens is 1. The maximum absolute atomic E-state index is 8.72. The lowest BCUT2D eigenvalue weighted by Gasteiger charge is -2.01.